The first-order chi connectivity index (χ1) is 23.1. The van der Waals surface area contributed by atoms with E-state index in [9.17, 15) is 35.5 Å². The SMILES string of the molecule is CC1=NN(c2ccc(-c3nc4ccc(C)c(S(=O)(=O)O)c4s3)cc2)C(=O)C1N=Nc1ccc(NC(=O)c2cccc(N)c2)cc1S(=O)(=O)O.[Na].[Na]. The minimum Gasteiger partial charge on any atom is -0.399 e. The second kappa shape index (κ2) is 15.7. The van der Waals surface area contributed by atoms with Crippen molar-refractivity contribution in [3.8, 4) is 10.6 Å². The minimum atomic E-state index is -4.83. The van der Waals surface area contributed by atoms with Crippen LogP contribution in [0.2, 0.25) is 0 Å². The van der Waals surface area contributed by atoms with E-state index in [0.29, 0.717) is 37.7 Å². The van der Waals surface area contributed by atoms with Crippen molar-refractivity contribution >= 4 is 141 Å². The molecule has 0 bridgehead atoms. The Labute approximate surface area is 340 Å². The third-order valence-corrected chi connectivity index (χ3v) is 10.5. The summed E-state index contributed by atoms with van der Waals surface area (Å²) in [6, 6.07) is 18.3. The first-order valence-corrected chi connectivity index (χ1v) is 17.9. The molecule has 1 aliphatic rings. The third kappa shape index (κ3) is 8.64. The van der Waals surface area contributed by atoms with Crippen LogP contribution in [0.1, 0.15) is 22.8 Å². The molecule has 2 amide bonds. The predicted molar refractivity (Wildman–Crippen MR) is 195 cm³/mol. The number of amides is 2. The van der Waals surface area contributed by atoms with Gasteiger partial charge in [-0.15, -0.1) is 11.3 Å². The second-order valence-electron chi connectivity index (χ2n) is 10.8. The predicted octanol–water partition coefficient (Wildman–Crippen LogP) is 4.71. The van der Waals surface area contributed by atoms with Crippen molar-refractivity contribution in [2.45, 2.75) is 29.7 Å². The van der Waals surface area contributed by atoms with Crippen molar-refractivity contribution in [3.05, 3.63) is 90.0 Å². The van der Waals surface area contributed by atoms with Crippen molar-refractivity contribution in [1.82, 2.24) is 4.98 Å². The molecule has 1 aliphatic heterocycles. The minimum absolute atomic E-state index is 0. The molecule has 0 aliphatic carbocycles. The zero-order valence-electron chi connectivity index (χ0n) is 27.5. The molecule has 252 valence electrons. The Balaban J connectivity index is 0.00000292. The molecule has 5 aromatic rings. The van der Waals surface area contributed by atoms with Crippen LogP contribution in [0.5, 0.6) is 0 Å². The monoisotopic (exact) mass is 765 g/mol. The molecule has 15 nitrogen and oxygen atoms in total. The summed E-state index contributed by atoms with van der Waals surface area (Å²) in [5, 5.41) is 16.4. The number of nitrogen functional groups attached to an aromatic ring is 1. The number of rotatable bonds is 8. The zero-order chi connectivity index (χ0) is 35.2. The van der Waals surface area contributed by atoms with E-state index in [1.807, 2.05) is 0 Å². The summed E-state index contributed by atoms with van der Waals surface area (Å²) < 4.78 is 68.3. The van der Waals surface area contributed by atoms with Gasteiger partial charge in [-0.3, -0.25) is 18.7 Å². The van der Waals surface area contributed by atoms with Crippen LogP contribution in [0.15, 0.2) is 104 Å². The van der Waals surface area contributed by atoms with Gasteiger partial charge in [0.05, 0.1) is 21.6 Å². The molecule has 51 heavy (non-hydrogen) atoms. The van der Waals surface area contributed by atoms with Gasteiger partial charge in [-0.25, -0.2) is 4.98 Å². The van der Waals surface area contributed by atoms with E-state index in [2.05, 4.69) is 25.6 Å². The van der Waals surface area contributed by atoms with Gasteiger partial charge in [0.15, 0.2) is 6.04 Å². The van der Waals surface area contributed by atoms with Gasteiger partial charge >= 0.3 is 0 Å². The van der Waals surface area contributed by atoms with Gasteiger partial charge in [0.1, 0.15) is 20.5 Å². The summed E-state index contributed by atoms with van der Waals surface area (Å²) in [7, 11) is -9.31. The number of carbonyl (C=O) groups is 2. The number of fused-ring (bicyclic) bond motifs is 1. The number of benzene rings is 4. The van der Waals surface area contributed by atoms with E-state index in [1.165, 1.54) is 24.3 Å². The number of aromatic nitrogens is 1. The Morgan fingerprint density at radius 3 is 2.29 bits per heavy atom. The number of carbonyl (C=O) groups excluding carboxylic acids is 2. The maximum Gasteiger partial charge on any atom is 0.296 e. The average molecular weight is 766 g/mol. The summed E-state index contributed by atoms with van der Waals surface area (Å²) in [4.78, 5) is 29.6. The summed E-state index contributed by atoms with van der Waals surface area (Å²) in [6.45, 7) is 3.12. The van der Waals surface area contributed by atoms with Crippen LogP contribution in [0.4, 0.5) is 22.7 Å². The molecule has 0 saturated heterocycles. The van der Waals surface area contributed by atoms with Crippen molar-refractivity contribution in [3.63, 3.8) is 0 Å². The van der Waals surface area contributed by atoms with Gasteiger partial charge < -0.3 is 11.1 Å². The number of hydrazone groups is 1. The molecule has 1 atom stereocenters. The third-order valence-electron chi connectivity index (χ3n) is 7.35. The molecule has 2 radical (unpaired) electrons. The van der Waals surface area contributed by atoms with Gasteiger partial charge in [-0.2, -0.15) is 37.2 Å². The number of thiazole rings is 1. The Bertz CT molecular complexity index is 2470. The number of hydrogen-bond donors (Lipinski definition) is 4. The van der Waals surface area contributed by atoms with E-state index in [4.69, 9.17) is 5.73 Å². The molecular formula is C31H25N7Na2O8S3. The average Bonchev–Trinajstić information content (AvgIpc) is 3.59. The Morgan fingerprint density at radius 1 is 0.941 bits per heavy atom. The molecule has 4 aromatic carbocycles. The van der Waals surface area contributed by atoms with Crippen LogP contribution in [0.3, 0.4) is 0 Å². The van der Waals surface area contributed by atoms with Crippen LogP contribution in [0.25, 0.3) is 20.8 Å². The summed E-state index contributed by atoms with van der Waals surface area (Å²) in [6.07, 6.45) is 0. The topological polar surface area (TPSA) is 234 Å². The van der Waals surface area contributed by atoms with Crippen LogP contribution in [-0.4, -0.2) is 114 Å². The van der Waals surface area contributed by atoms with Gasteiger partial charge in [-0.05, 0) is 86.1 Å². The van der Waals surface area contributed by atoms with Crippen molar-refractivity contribution in [2.75, 3.05) is 16.1 Å². The zero-order valence-corrected chi connectivity index (χ0v) is 33.9. The summed E-state index contributed by atoms with van der Waals surface area (Å²) in [5.41, 5.74) is 8.12. The first-order valence-electron chi connectivity index (χ1n) is 14.2. The van der Waals surface area contributed by atoms with Gasteiger partial charge in [-0.1, -0.05) is 12.1 Å². The largest absolute Gasteiger partial charge is 0.399 e. The fourth-order valence-electron chi connectivity index (χ4n) is 5.01. The van der Waals surface area contributed by atoms with Gasteiger partial charge in [0.25, 0.3) is 32.1 Å². The Morgan fingerprint density at radius 2 is 1.65 bits per heavy atom. The van der Waals surface area contributed by atoms with Crippen LogP contribution >= 0.6 is 11.3 Å². The van der Waals surface area contributed by atoms with Crippen LogP contribution in [-0.2, 0) is 25.0 Å². The quantitative estimate of drug-likeness (QED) is 0.0735. The Kier molecular flexibility index (Phi) is 12.4. The molecule has 2 heterocycles. The number of anilines is 3. The van der Waals surface area contributed by atoms with Gasteiger partial charge in [0.2, 0.25) is 0 Å². The van der Waals surface area contributed by atoms with Gasteiger partial charge in [0, 0.05) is 81.6 Å². The van der Waals surface area contributed by atoms with Crippen molar-refractivity contribution in [1.29, 1.82) is 0 Å². The van der Waals surface area contributed by atoms with Crippen LogP contribution in [0, 0.1) is 6.92 Å². The molecular weight excluding hydrogens is 741 g/mol. The number of nitrogens with one attached hydrogen (secondary N) is 1. The first kappa shape index (κ1) is 40.4. The maximum absolute atomic E-state index is 13.3. The molecule has 6 rings (SSSR count). The summed E-state index contributed by atoms with van der Waals surface area (Å²) >= 11 is 1.10. The molecule has 0 fully saturated rings. The standard InChI is InChI=1S/C31H25N7O8S3.2Na/c1-16-6-12-24-27(28(16)49(44,45)46)47-30(34-24)18-7-10-22(11-8-18)38-31(40)26(17(2)37-38)36-35-23-13-9-21(15-25(23)48(41,42)43)33-29(39)19-4-3-5-20(32)14-19;;/h3-15,26H,32H2,1-2H3,(H,33,39)(H,41,42,43)(H,44,45,46);;. The van der Waals surface area contributed by atoms with E-state index >= 15 is 0 Å². The number of hydrogen-bond acceptors (Lipinski definition) is 12. The second-order valence-corrected chi connectivity index (χ2v) is 14.6. The van der Waals surface area contributed by atoms with E-state index < -0.39 is 43.0 Å². The van der Waals surface area contributed by atoms with Crippen molar-refractivity contribution < 1.29 is 35.5 Å². The fourth-order valence-corrected chi connectivity index (χ4v) is 7.98. The molecule has 1 unspecified atom stereocenters. The van der Waals surface area contributed by atoms with E-state index in [1.54, 1.807) is 62.4 Å². The number of azo groups is 1. The normalized spacial score (nSPS) is 14.7. The van der Waals surface area contributed by atoms with E-state index in [0.717, 1.165) is 22.4 Å². The molecule has 20 heteroatoms. The number of aryl methyl sites for hydroxylation is 1. The molecule has 0 saturated carbocycles. The molecule has 1 aromatic heterocycles. The maximum atomic E-state index is 13.3. The molecule has 5 N–H and O–H groups in total. The smallest absolute Gasteiger partial charge is 0.296 e. The fraction of sp³-hybridized carbons (Fsp3) is 0.0968. The molecule has 0 spiro atoms. The Hall–Kier alpha value is -3.40. The summed E-state index contributed by atoms with van der Waals surface area (Å²) in [5.74, 6) is -1.15. The van der Waals surface area contributed by atoms with E-state index in [-0.39, 0.29) is 86.7 Å². The number of nitrogens with two attached hydrogens (primary N) is 1. The van der Waals surface area contributed by atoms with Crippen molar-refractivity contribution in [2.24, 2.45) is 15.3 Å². The van der Waals surface area contributed by atoms with Crippen LogP contribution < -0.4 is 16.1 Å². The number of nitrogens with zero attached hydrogens (tertiary/aromatic N) is 5.